The van der Waals surface area contributed by atoms with Crippen LogP contribution in [0.15, 0.2) is 83.8 Å². The summed E-state index contributed by atoms with van der Waals surface area (Å²) in [6.45, 7) is 2.68. The topological polar surface area (TPSA) is 52.7 Å². The van der Waals surface area contributed by atoms with E-state index in [-0.39, 0.29) is 5.56 Å². The molecule has 0 saturated heterocycles. The largest absolute Gasteiger partial charge is 0.292 e. The Morgan fingerprint density at radius 2 is 1.85 bits per heavy atom. The van der Waals surface area contributed by atoms with Gasteiger partial charge in [-0.05, 0) is 61.4 Å². The van der Waals surface area contributed by atoms with E-state index >= 15 is 0 Å². The van der Waals surface area contributed by atoms with Crippen molar-refractivity contribution in [3.8, 4) is 16.9 Å². The molecule has 0 bridgehead atoms. The number of aryl methyl sites for hydroxylation is 1. The van der Waals surface area contributed by atoms with Crippen molar-refractivity contribution >= 4 is 34.2 Å². The Balaban J connectivity index is 1.53. The molecule has 34 heavy (non-hydrogen) atoms. The maximum Gasteiger partial charge on any atom is 0.261 e. The number of halogens is 1. The van der Waals surface area contributed by atoms with Crippen LogP contribution >= 0.6 is 11.6 Å². The first-order valence-electron chi connectivity index (χ1n) is 11.2. The van der Waals surface area contributed by atoms with E-state index < -0.39 is 0 Å². The number of aromatic nitrogens is 4. The van der Waals surface area contributed by atoms with E-state index in [0.29, 0.717) is 28.3 Å². The molecule has 1 aliphatic rings. The van der Waals surface area contributed by atoms with Crippen molar-refractivity contribution in [1.82, 2.24) is 19.3 Å². The summed E-state index contributed by atoms with van der Waals surface area (Å²) in [7, 11) is 0. The predicted octanol–water partition coefficient (Wildman–Crippen LogP) is 6.16. The van der Waals surface area contributed by atoms with Crippen LogP contribution in [-0.4, -0.2) is 19.3 Å². The van der Waals surface area contributed by atoms with Gasteiger partial charge in [-0.15, -0.1) is 0 Å². The van der Waals surface area contributed by atoms with Gasteiger partial charge in [-0.25, -0.2) is 9.67 Å². The molecular formula is C28H21ClN4O. The summed E-state index contributed by atoms with van der Waals surface area (Å²) in [5, 5.41) is 6.03. The molecule has 0 radical (unpaired) electrons. The summed E-state index contributed by atoms with van der Waals surface area (Å²) in [5.74, 6) is 0.711. The van der Waals surface area contributed by atoms with Crippen LogP contribution in [0.2, 0.25) is 5.02 Å². The molecule has 5 aromatic rings. The molecule has 166 valence electrons. The van der Waals surface area contributed by atoms with Crippen molar-refractivity contribution in [1.29, 1.82) is 0 Å². The van der Waals surface area contributed by atoms with Crippen molar-refractivity contribution in [3.63, 3.8) is 0 Å². The van der Waals surface area contributed by atoms with Crippen molar-refractivity contribution < 1.29 is 0 Å². The van der Waals surface area contributed by atoms with Crippen LogP contribution in [-0.2, 0) is 6.54 Å². The van der Waals surface area contributed by atoms with E-state index in [9.17, 15) is 4.79 Å². The number of nitrogens with zero attached hydrogens (tertiary/aromatic N) is 4. The summed E-state index contributed by atoms with van der Waals surface area (Å²) in [4.78, 5) is 17.9. The third-order valence-corrected chi connectivity index (χ3v) is 6.43. The molecule has 5 nitrogen and oxygen atoms in total. The molecule has 0 saturated carbocycles. The number of benzene rings is 3. The minimum atomic E-state index is -0.0511. The van der Waals surface area contributed by atoms with Crippen molar-refractivity contribution in [2.24, 2.45) is 0 Å². The minimum Gasteiger partial charge on any atom is -0.292 e. The standard InChI is InChI=1S/C28H21ClN4O/c1-18-6-5-7-19(14-18)26-21(17-33(31-26)23-8-3-2-4-9-23)15-20-12-13-32-27(20)30-25-11-10-22(29)16-24(25)28(32)34/h2-11,14-17H,12-13H2,1H3/b20-15+. The zero-order valence-electron chi connectivity index (χ0n) is 18.6. The summed E-state index contributed by atoms with van der Waals surface area (Å²) in [6.07, 6.45) is 4.90. The normalized spacial score (nSPS) is 14.1. The van der Waals surface area contributed by atoms with Gasteiger partial charge in [-0.3, -0.25) is 9.36 Å². The zero-order chi connectivity index (χ0) is 23.2. The first-order valence-corrected chi connectivity index (χ1v) is 11.6. The van der Waals surface area contributed by atoms with Crippen LogP contribution in [0.4, 0.5) is 0 Å². The predicted molar refractivity (Wildman–Crippen MR) is 137 cm³/mol. The molecule has 0 atom stereocenters. The van der Waals surface area contributed by atoms with Crippen LogP contribution in [0.25, 0.3) is 39.5 Å². The lowest BCUT2D eigenvalue weighted by Gasteiger charge is -2.06. The summed E-state index contributed by atoms with van der Waals surface area (Å²) in [5.41, 5.74) is 6.74. The molecule has 0 spiro atoms. The third-order valence-electron chi connectivity index (χ3n) is 6.19. The summed E-state index contributed by atoms with van der Waals surface area (Å²) >= 11 is 6.12. The Morgan fingerprint density at radius 1 is 1.00 bits per heavy atom. The Kier molecular flexibility index (Phi) is 4.93. The van der Waals surface area contributed by atoms with Gasteiger partial charge >= 0.3 is 0 Å². The Labute approximate surface area is 201 Å². The molecule has 6 rings (SSSR count). The Hall–Kier alpha value is -3.96. The monoisotopic (exact) mass is 464 g/mol. The number of hydrogen-bond acceptors (Lipinski definition) is 3. The summed E-state index contributed by atoms with van der Waals surface area (Å²) in [6, 6.07) is 23.7. The average molecular weight is 465 g/mol. The molecule has 2 aromatic heterocycles. The number of rotatable bonds is 3. The lowest BCUT2D eigenvalue weighted by Crippen LogP contribution is -2.20. The third kappa shape index (κ3) is 3.55. The van der Waals surface area contributed by atoms with Crippen LogP contribution in [0, 0.1) is 6.92 Å². The highest BCUT2D eigenvalue weighted by molar-refractivity contribution is 6.31. The highest BCUT2D eigenvalue weighted by atomic mass is 35.5. The minimum absolute atomic E-state index is 0.0511. The van der Waals surface area contributed by atoms with Crippen molar-refractivity contribution in [3.05, 3.63) is 111 Å². The smallest absolute Gasteiger partial charge is 0.261 e. The second kappa shape index (κ2) is 8.12. The molecule has 0 fully saturated rings. The second-order valence-electron chi connectivity index (χ2n) is 8.56. The van der Waals surface area contributed by atoms with Crippen molar-refractivity contribution in [2.75, 3.05) is 0 Å². The maximum atomic E-state index is 13.1. The van der Waals surface area contributed by atoms with Gasteiger partial charge in [-0.2, -0.15) is 5.10 Å². The number of hydrogen-bond donors (Lipinski definition) is 0. The molecule has 0 amide bonds. The van der Waals surface area contributed by atoms with E-state index in [2.05, 4.69) is 31.2 Å². The van der Waals surface area contributed by atoms with Gasteiger partial charge in [0.25, 0.3) is 5.56 Å². The molecule has 3 aromatic carbocycles. The van der Waals surface area contributed by atoms with E-state index in [0.717, 1.165) is 34.5 Å². The molecule has 0 aliphatic carbocycles. The maximum absolute atomic E-state index is 13.1. The zero-order valence-corrected chi connectivity index (χ0v) is 19.3. The van der Waals surface area contributed by atoms with Gasteiger partial charge < -0.3 is 0 Å². The number of para-hydroxylation sites is 1. The highest BCUT2D eigenvalue weighted by Crippen LogP contribution is 2.32. The fourth-order valence-electron chi connectivity index (χ4n) is 4.54. The van der Waals surface area contributed by atoms with Gasteiger partial charge in [0, 0.05) is 28.9 Å². The van der Waals surface area contributed by atoms with Gasteiger partial charge in [0.15, 0.2) is 0 Å². The highest BCUT2D eigenvalue weighted by Gasteiger charge is 2.22. The SMILES string of the molecule is Cc1cccc(-c2nn(-c3ccccc3)cc2/C=C2\CCn3c2nc2ccc(Cl)cc2c3=O)c1. The van der Waals surface area contributed by atoms with Gasteiger partial charge in [0.1, 0.15) is 5.82 Å². The van der Waals surface area contributed by atoms with E-state index in [1.165, 1.54) is 5.56 Å². The first-order chi connectivity index (χ1) is 16.6. The van der Waals surface area contributed by atoms with Gasteiger partial charge in [-0.1, -0.05) is 53.6 Å². The van der Waals surface area contributed by atoms with Crippen LogP contribution in [0.5, 0.6) is 0 Å². The van der Waals surface area contributed by atoms with E-state index in [1.807, 2.05) is 47.3 Å². The Bertz CT molecular complexity index is 1650. The molecule has 6 heteroatoms. The van der Waals surface area contributed by atoms with Crippen LogP contribution < -0.4 is 5.56 Å². The van der Waals surface area contributed by atoms with Crippen molar-refractivity contribution in [2.45, 2.75) is 19.9 Å². The molecule has 3 heterocycles. The Morgan fingerprint density at radius 3 is 2.68 bits per heavy atom. The molecular weight excluding hydrogens is 444 g/mol. The van der Waals surface area contributed by atoms with E-state index in [4.69, 9.17) is 21.7 Å². The average Bonchev–Trinajstić information content (AvgIpc) is 3.45. The summed E-state index contributed by atoms with van der Waals surface area (Å²) < 4.78 is 3.65. The molecule has 1 aliphatic heterocycles. The number of allylic oxidation sites excluding steroid dienone is 1. The number of fused-ring (bicyclic) bond motifs is 2. The van der Waals surface area contributed by atoms with E-state index in [1.54, 1.807) is 22.8 Å². The fourth-order valence-corrected chi connectivity index (χ4v) is 4.71. The van der Waals surface area contributed by atoms with Gasteiger partial charge in [0.2, 0.25) is 0 Å². The van der Waals surface area contributed by atoms with Gasteiger partial charge in [0.05, 0.1) is 22.3 Å². The lowest BCUT2D eigenvalue weighted by atomic mass is 10.0. The second-order valence-corrected chi connectivity index (χ2v) is 8.99. The fraction of sp³-hybridized carbons (Fsp3) is 0.107. The molecule has 0 N–H and O–H groups in total. The van der Waals surface area contributed by atoms with Crippen LogP contribution in [0.3, 0.4) is 0 Å². The quantitative estimate of drug-likeness (QED) is 0.321. The van der Waals surface area contributed by atoms with Crippen LogP contribution in [0.1, 0.15) is 23.4 Å². The first kappa shape index (κ1) is 20.6. The lowest BCUT2D eigenvalue weighted by molar-refractivity contribution is 0.725. The molecule has 0 unspecified atom stereocenters.